The summed E-state index contributed by atoms with van der Waals surface area (Å²) >= 11 is 0. The number of alkyl halides is 2. The van der Waals surface area contributed by atoms with Crippen LogP contribution in [0.3, 0.4) is 0 Å². The van der Waals surface area contributed by atoms with Crippen molar-refractivity contribution in [2.45, 2.75) is 27.2 Å². The molecule has 1 rings (SSSR count). The molecule has 0 radical (unpaired) electrons. The SMILES string of the molecule is Cc1cc(C)c(C)c(C(F)F)c1. The predicted octanol–water partition coefficient (Wildman–Crippen LogP) is 3.55. The molecule has 0 atom stereocenters. The van der Waals surface area contributed by atoms with Crippen LogP contribution in [0.2, 0.25) is 0 Å². The maximum Gasteiger partial charge on any atom is 0.264 e. The van der Waals surface area contributed by atoms with Gasteiger partial charge in [-0.2, -0.15) is 0 Å². The molecule has 0 amide bonds. The first-order valence-corrected chi connectivity index (χ1v) is 3.88. The molecule has 0 nitrogen and oxygen atoms in total. The first kappa shape index (κ1) is 9.17. The van der Waals surface area contributed by atoms with Gasteiger partial charge in [-0.3, -0.25) is 0 Å². The quantitative estimate of drug-likeness (QED) is 0.604. The summed E-state index contributed by atoms with van der Waals surface area (Å²) in [6, 6.07) is 3.47. The van der Waals surface area contributed by atoms with E-state index >= 15 is 0 Å². The third-order valence-electron chi connectivity index (χ3n) is 2.09. The van der Waals surface area contributed by atoms with Crippen molar-refractivity contribution in [3.8, 4) is 0 Å². The van der Waals surface area contributed by atoms with Crippen molar-refractivity contribution in [1.29, 1.82) is 0 Å². The molecule has 0 aromatic heterocycles. The molecular formula is C10H12F2. The van der Waals surface area contributed by atoms with Crippen molar-refractivity contribution in [3.05, 3.63) is 34.4 Å². The van der Waals surface area contributed by atoms with Crippen LogP contribution in [0.15, 0.2) is 12.1 Å². The Morgan fingerprint density at radius 3 is 2.17 bits per heavy atom. The van der Waals surface area contributed by atoms with Crippen molar-refractivity contribution >= 4 is 0 Å². The Balaban J connectivity index is 3.28. The molecule has 0 N–H and O–H groups in total. The maximum atomic E-state index is 12.4. The first-order chi connectivity index (χ1) is 5.52. The molecule has 0 aliphatic rings. The molecular weight excluding hydrogens is 158 g/mol. The van der Waals surface area contributed by atoms with Gasteiger partial charge in [0.05, 0.1) is 0 Å². The second-order valence-corrected chi connectivity index (χ2v) is 3.10. The topological polar surface area (TPSA) is 0 Å². The summed E-state index contributed by atoms with van der Waals surface area (Å²) in [5, 5.41) is 0. The summed E-state index contributed by atoms with van der Waals surface area (Å²) in [7, 11) is 0. The average molecular weight is 170 g/mol. The summed E-state index contributed by atoms with van der Waals surface area (Å²) in [4.78, 5) is 0. The molecule has 2 heteroatoms. The molecule has 0 aliphatic carbocycles. The molecule has 0 bridgehead atoms. The van der Waals surface area contributed by atoms with Gasteiger partial charge < -0.3 is 0 Å². The van der Waals surface area contributed by atoms with Gasteiger partial charge in [0.1, 0.15) is 0 Å². The van der Waals surface area contributed by atoms with Crippen LogP contribution in [-0.4, -0.2) is 0 Å². The Kier molecular flexibility index (Phi) is 2.46. The van der Waals surface area contributed by atoms with Crippen molar-refractivity contribution < 1.29 is 8.78 Å². The Bertz CT molecular complexity index is 290. The lowest BCUT2D eigenvalue weighted by Crippen LogP contribution is -1.93. The number of hydrogen-bond donors (Lipinski definition) is 0. The van der Waals surface area contributed by atoms with Crippen molar-refractivity contribution in [3.63, 3.8) is 0 Å². The van der Waals surface area contributed by atoms with Gasteiger partial charge in [0.2, 0.25) is 0 Å². The molecule has 0 saturated carbocycles. The highest BCUT2D eigenvalue weighted by atomic mass is 19.3. The fourth-order valence-corrected chi connectivity index (χ4v) is 1.30. The Morgan fingerprint density at radius 2 is 1.67 bits per heavy atom. The van der Waals surface area contributed by atoms with E-state index in [9.17, 15) is 8.78 Å². The molecule has 0 spiro atoms. The highest BCUT2D eigenvalue weighted by Crippen LogP contribution is 2.25. The fourth-order valence-electron chi connectivity index (χ4n) is 1.30. The summed E-state index contributed by atoms with van der Waals surface area (Å²) in [6.45, 7) is 5.42. The van der Waals surface area contributed by atoms with Gasteiger partial charge in [0, 0.05) is 5.56 Å². The largest absolute Gasteiger partial charge is 0.264 e. The van der Waals surface area contributed by atoms with Crippen LogP contribution in [0.5, 0.6) is 0 Å². The zero-order valence-electron chi connectivity index (χ0n) is 7.49. The minimum Gasteiger partial charge on any atom is -0.205 e. The van der Waals surface area contributed by atoms with Crippen LogP contribution in [0, 0.1) is 20.8 Å². The molecule has 0 fully saturated rings. The van der Waals surface area contributed by atoms with Crippen molar-refractivity contribution in [2.75, 3.05) is 0 Å². The molecule has 0 aliphatic heterocycles. The van der Waals surface area contributed by atoms with Gasteiger partial charge in [0.15, 0.2) is 0 Å². The van der Waals surface area contributed by atoms with E-state index in [0.717, 1.165) is 11.1 Å². The summed E-state index contributed by atoms with van der Waals surface area (Å²) in [5.41, 5.74) is 2.70. The van der Waals surface area contributed by atoms with E-state index in [1.54, 1.807) is 13.0 Å². The van der Waals surface area contributed by atoms with E-state index in [1.165, 1.54) is 0 Å². The van der Waals surface area contributed by atoms with Crippen LogP contribution in [0.25, 0.3) is 0 Å². The van der Waals surface area contributed by atoms with E-state index < -0.39 is 6.43 Å². The standard InChI is InChI=1S/C10H12F2/c1-6-4-7(2)8(3)9(5-6)10(11)12/h4-5,10H,1-3H3. The molecule has 12 heavy (non-hydrogen) atoms. The molecule has 0 heterocycles. The third kappa shape index (κ3) is 1.63. The highest BCUT2D eigenvalue weighted by molar-refractivity contribution is 5.37. The van der Waals surface area contributed by atoms with E-state index in [1.807, 2.05) is 19.9 Å². The predicted molar refractivity (Wildman–Crippen MR) is 45.6 cm³/mol. The van der Waals surface area contributed by atoms with E-state index in [2.05, 4.69) is 0 Å². The monoisotopic (exact) mass is 170 g/mol. The van der Waals surface area contributed by atoms with Crippen LogP contribution in [0.4, 0.5) is 8.78 Å². The summed E-state index contributed by atoms with van der Waals surface area (Å²) in [5.74, 6) is 0. The lowest BCUT2D eigenvalue weighted by atomic mass is 10.0. The first-order valence-electron chi connectivity index (χ1n) is 3.88. The summed E-state index contributed by atoms with van der Waals surface area (Å²) in [6.07, 6.45) is -2.36. The molecule has 0 saturated heterocycles. The molecule has 1 aromatic carbocycles. The third-order valence-corrected chi connectivity index (χ3v) is 2.09. The average Bonchev–Trinajstić information content (AvgIpc) is 1.96. The number of aryl methyl sites for hydroxylation is 2. The smallest absolute Gasteiger partial charge is 0.205 e. The second-order valence-electron chi connectivity index (χ2n) is 3.10. The lowest BCUT2D eigenvalue weighted by molar-refractivity contribution is 0.150. The second kappa shape index (κ2) is 3.21. The number of rotatable bonds is 1. The van der Waals surface area contributed by atoms with Crippen LogP contribution < -0.4 is 0 Å². The van der Waals surface area contributed by atoms with E-state index in [-0.39, 0.29) is 5.56 Å². The fraction of sp³-hybridized carbons (Fsp3) is 0.400. The van der Waals surface area contributed by atoms with Gasteiger partial charge in [-0.05, 0) is 31.9 Å². The van der Waals surface area contributed by atoms with Gasteiger partial charge >= 0.3 is 0 Å². The minimum absolute atomic E-state index is 0.160. The van der Waals surface area contributed by atoms with Gasteiger partial charge in [0.25, 0.3) is 6.43 Å². The van der Waals surface area contributed by atoms with Crippen LogP contribution in [0.1, 0.15) is 28.7 Å². The number of halogens is 2. The zero-order chi connectivity index (χ0) is 9.30. The minimum atomic E-state index is -2.36. The number of hydrogen-bond acceptors (Lipinski definition) is 0. The van der Waals surface area contributed by atoms with Crippen molar-refractivity contribution in [2.24, 2.45) is 0 Å². The van der Waals surface area contributed by atoms with Gasteiger partial charge in [-0.25, -0.2) is 8.78 Å². The molecule has 1 aromatic rings. The zero-order valence-corrected chi connectivity index (χ0v) is 7.49. The Morgan fingerprint density at radius 1 is 1.08 bits per heavy atom. The maximum absolute atomic E-state index is 12.4. The van der Waals surface area contributed by atoms with Crippen molar-refractivity contribution in [1.82, 2.24) is 0 Å². The Hall–Kier alpha value is -0.920. The molecule has 66 valence electrons. The van der Waals surface area contributed by atoms with Crippen LogP contribution >= 0.6 is 0 Å². The van der Waals surface area contributed by atoms with E-state index in [0.29, 0.717) is 5.56 Å². The van der Waals surface area contributed by atoms with E-state index in [4.69, 9.17) is 0 Å². The Labute approximate surface area is 71.2 Å². The van der Waals surface area contributed by atoms with Crippen LogP contribution in [-0.2, 0) is 0 Å². The highest BCUT2D eigenvalue weighted by Gasteiger charge is 2.11. The summed E-state index contributed by atoms with van der Waals surface area (Å²) < 4.78 is 24.8. The molecule has 0 unspecified atom stereocenters. The normalized spacial score (nSPS) is 10.8. The van der Waals surface area contributed by atoms with Gasteiger partial charge in [-0.1, -0.05) is 17.7 Å². The van der Waals surface area contributed by atoms with Gasteiger partial charge in [-0.15, -0.1) is 0 Å². The number of benzene rings is 1. The lowest BCUT2D eigenvalue weighted by Gasteiger charge is -2.08.